The Hall–Kier alpha value is -2.07. The van der Waals surface area contributed by atoms with E-state index in [1.807, 2.05) is 37.5 Å². The van der Waals surface area contributed by atoms with Gasteiger partial charge in [-0.25, -0.2) is 0 Å². The van der Waals surface area contributed by atoms with Crippen LogP contribution in [-0.4, -0.2) is 31.1 Å². The normalized spacial score (nSPS) is 10.6. The smallest absolute Gasteiger partial charge is 0.123 e. The fourth-order valence-electron chi connectivity index (χ4n) is 2.18. The van der Waals surface area contributed by atoms with Crippen LogP contribution in [0, 0.1) is 0 Å². The van der Waals surface area contributed by atoms with Crippen LogP contribution >= 0.6 is 0 Å². The number of para-hydroxylation sites is 1. The van der Waals surface area contributed by atoms with Crippen LogP contribution in [0.5, 0.6) is 5.75 Å². The SMILES string of the molecule is CNc1ccnc(CN(C)Cc2ccccc2OC)c1. The van der Waals surface area contributed by atoms with E-state index in [1.54, 1.807) is 7.11 Å². The number of ether oxygens (including phenoxy) is 1. The number of rotatable bonds is 6. The van der Waals surface area contributed by atoms with Crippen molar-refractivity contribution >= 4 is 5.69 Å². The first-order valence-electron chi connectivity index (χ1n) is 6.66. The lowest BCUT2D eigenvalue weighted by Gasteiger charge is -2.18. The number of aromatic nitrogens is 1. The molecule has 0 aliphatic carbocycles. The van der Waals surface area contributed by atoms with E-state index in [2.05, 4.69) is 34.4 Å². The van der Waals surface area contributed by atoms with E-state index in [4.69, 9.17) is 4.74 Å². The maximum Gasteiger partial charge on any atom is 0.123 e. The van der Waals surface area contributed by atoms with Crippen molar-refractivity contribution < 1.29 is 4.74 Å². The molecule has 0 saturated carbocycles. The van der Waals surface area contributed by atoms with Crippen molar-refractivity contribution in [3.05, 3.63) is 53.9 Å². The molecule has 0 spiro atoms. The summed E-state index contributed by atoms with van der Waals surface area (Å²) in [6, 6.07) is 12.1. The molecule has 1 aromatic carbocycles. The van der Waals surface area contributed by atoms with E-state index >= 15 is 0 Å². The van der Waals surface area contributed by atoms with Crippen molar-refractivity contribution in [2.45, 2.75) is 13.1 Å². The highest BCUT2D eigenvalue weighted by atomic mass is 16.5. The molecule has 4 heteroatoms. The summed E-state index contributed by atoms with van der Waals surface area (Å²) in [5, 5.41) is 3.13. The van der Waals surface area contributed by atoms with Crippen LogP contribution in [0.4, 0.5) is 5.69 Å². The number of pyridine rings is 1. The Morgan fingerprint density at radius 3 is 2.75 bits per heavy atom. The number of anilines is 1. The third-order valence-electron chi connectivity index (χ3n) is 3.17. The molecule has 1 heterocycles. The Bertz CT molecular complexity index is 557. The molecule has 0 bridgehead atoms. The van der Waals surface area contributed by atoms with E-state index in [9.17, 15) is 0 Å². The maximum atomic E-state index is 5.38. The summed E-state index contributed by atoms with van der Waals surface area (Å²) < 4.78 is 5.38. The second kappa shape index (κ2) is 6.91. The highest BCUT2D eigenvalue weighted by molar-refractivity contribution is 5.42. The standard InChI is InChI=1S/C16H21N3O/c1-17-14-8-9-18-15(10-14)12-19(2)11-13-6-4-5-7-16(13)20-3/h4-10H,11-12H2,1-3H3,(H,17,18). The summed E-state index contributed by atoms with van der Waals surface area (Å²) in [6.07, 6.45) is 1.83. The number of nitrogens with one attached hydrogen (secondary N) is 1. The molecule has 1 N–H and O–H groups in total. The Balaban J connectivity index is 2.03. The summed E-state index contributed by atoms with van der Waals surface area (Å²) in [7, 11) is 5.70. The van der Waals surface area contributed by atoms with Crippen molar-refractivity contribution in [1.29, 1.82) is 0 Å². The van der Waals surface area contributed by atoms with Crippen molar-refractivity contribution in [2.75, 3.05) is 26.5 Å². The highest BCUT2D eigenvalue weighted by Crippen LogP contribution is 2.19. The van der Waals surface area contributed by atoms with Gasteiger partial charge < -0.3 is 10.1 Å². The Morgan fingerprint density at radius 1 is 1.20 bits per heavy atom. The first-order chi connectivity index (χ1) is 9.72. The van der Waals surface area contributed by atoms with Crippen molar-refractivity contribution in [3.63, 3.8) is 0 Å². The largest absolute Gasteiger partial charge is 0.496 e. The first kappa shape index (κ1) is 14.3. The van der Waals surface area contributed by atoms with Gasteiger partial charge in [0.2, 0.25) is 0 Å². The van der Waals surface area contributed by atoms with Gasteiger partial charge in [-0.05, 0) is 25.2 Å². The van der Waals surface area contributed by atoms with Crippen LogP contribution in [-0.2, 0) is 13.1 Å². The second-order valence-corrected chi connectivity index (χ2v) is 4.77. The molecular weight excluding hydrogens is 250 g/mol. The fraction of sp³-hybridized carbons (Fsp3) is 0.312. The average molecular weight is 271 g/mol. The number of hydrogen-bond donors (Lipinski definition) is 1. The quantitative estimate of drug-likeness (QED) is 0.876. The number of nitrogens with zero attached hydrogens (tertiary/aromatic N) is 2. The Morgan fingerprint density at radius 2 is 2.00 bits per heavy atom. The lowest BCUT2D eigenvalue weighted by molar-refractivity contribution is 0.306. The van der Waals surface area contributed by atoms with Gasteiger partial charge in [0.1, 0.15) is 5.75 Å². The van der Waals surface area contributed by atoms with Gasteiger partial charge in [0.05, 0.1) is 12.8 Å². The van der Waals surface area contributed by atoms with Gasteiger partial charge in [0.25, 0.3) is 0 Å². The molecule has 2 aromatic rings. The molecule has 20 heavy (non-hydrogen) atoms. The molecule has 0 radical (unpaired) electrons. The molecule has 0 unspecified atom stereocenters. The molecule has 0 amide bonds. The molecule has 106 valence electrons. The van der Waals surface area contributed by atoms with Gasteiger partial charge in [-0.1, -0.05) is 18.2 Å². The predicted octanol–water partition coefficient (Wildman–Crippen LogP) is 2.76. The summed E-state index contributed by atoms with van der Waals surface area (Å²) in [6.45, 7) is 1.63. The van der Waals surface area contributed by atoms with Gasteiger partial charge in [0, 0.05) is 37.6 Å². The lowest BCUT2D eigenvalue weighted by Crippen LogP contribution is -2.18. The molecule has 0 saturated heterocycles. The monoisotopic (exact) mass is 271 g/mol. The lowest BCUT2D eigenvalue weighted by atomic mass is 10.2. The van der Waals surface area contributed by atoms with Gasteiger partial charge in [-0.2, -0.15) is 0 Å². The van der Waals surface area contributed by atoms with Gasteiger partial charge in [-0.3, -0.25) is 9.88 Å². The van der Waals surface area contributed by atoms with E-state index < -0.39 is 0 Å². The van der Waals surface area contributed by atoms with E-state index in [1.165, 1.54) is 5.56 Å². The average Bonchev–Trinajstić information content (AvgIpc) is 2.48. The minimum Gasteiger partial charge on any atom is -0.496 e. The van der Waals surface area contributed by atoms with E-state index in [0.29, 0.717) is 0 Å². The van der Waals surface area contributed by atoms with Crippen LogP contribution < -0.4 is 10.1 Å². The van der Waals surface area contributed by atoms with Gasteiger partial charge >= 0.3 is 0 Å². The molecular formula is C16H21N3O. The van der Waals surface area contributed by atoms with Crippen LogP contribution in [0.15, 0.2) is 42.6 Å². The van der Waals surface area contributed by atoms with Crippen molar-refractivity contribution in [1.82, 2.24) is 9.88 Å². The van der Waals surface area contributed by atoms with Crippen LogP contribution in [0.3, 0.4) is 0 Å². The molecule has 2 rings (SSSR count). The first-order valence-corrected chi connectivity index (χ1v) is 6.66. The molecule has 1 aromatic heterocycles. The molecule has 0 fully saturated rings. The van der Waals surface area contributed by atoms with Crippen molar-refractivity contribution in [2.24, 2.45) is 0 Å². The number of methoxy groups -OCH3 is 1. The molecule has 0 atom stereocenters. The fourth-order valence-corrected chi connectivity index (χ4v) is 2.18. The summed E-state index contributed by atoms with van der Waals surface area (Å²) in [4.78, 5) is 6.62. The summed E-state index contributed by atoms with van der Waals surface area (Å²) >= 11 is 0. The van der Waals surface area contributed by atoms with Gasteiger partial charge in [-0.15, -0.1) is 0 Å². The maximum absolute atomic E-state index is 5.38. The van der Waals surface area contributed by atoms with Crippen LogP contribution in [0.25, 0.3) is 0 Å². The summed E-state index contributed by atoms with van der Waals surface area (Å²) in [5.41, 5.74) is 3.32. The summed E-state index contributed by atoms with van der Waals surface area (Å²) in [5.74, 6) is 0.927. The zero-order valence-corrected chi connectivity index (χ0v) is 12.3. The highest BCUT2D eigenvalue weighted by Gasteiger charge is 2.07. The third kappa shape index (κ3) is 3.71. The van der Waals surface area contributed by atoms with Crippen LogP contribution in [0.2, 0.25) is 0 Å². The zero-order valence-electron chi connectivity index (χ0n) is 12.3. The number of benzene rings is 1. The third-order valence-corrected chi connectivity index (χ3v) is 3.17. The van der Waals surface area contributed by atoms with Gasteiger partial charge in [0.15, 0.2) is 0 Å². The van der Waals surface area contributed by atoms with E-state index in [0.717, 1.165) is 30.2 Å². The molecule has 0 aliphatic heterocycles. The second-order valence-electron chi connectivity index (χ2n) is 4.77. The van der Waals surface area contributed by atoms with Crippen LogP contribution in [0.1, 0.15) is 11.3 Å². The topological polar surface area (TPSA) is 37.4 Å². The van der Waals surface area contributed by atoms with Crippen molar-refractivity contribution in [3.8, 4) is 5.75 Å². The Kier molecular flexibility index (Phi) is 4.96. The predicted molar refractivity (Wildman–Crippen MR) is 81.9 cm³/mol. The molecule has 0 aliphatic rings. The minimum atomic E-state index is 0.799. The van der Waals surface area contributed by atoms with E-state index in [-0.39, 0.29) is 0 Å². The zero-order chi connectivity index (χ0) is 14.4. The Labute approximate surface area is 120 Å². The molecule has 4 nitrogen and oxygen atoms in total. The number of hydrogen-bond acceptors (Lipinski definition) is 4. The minimum absolute atomic E-state index is 0.799.